The summed E-state index contributed by atoms with van der Waals surface area (Å²) in [6.07, 6.45) is 1.79. The molecule has 0 aliphatic rings. The lowest BCUT2D eigenvalue weighted by Crippen LogP contribution is -2.16. The monoisotopic (exact) mass is 204 g/mol. The Morgan fingerprint density at radius 1 is 1.36 bits per heavy atom. The Morgan fingerprint density at radius 2 is 2.07 bits per heavy atom. The van der Waals surface area contributed by atoms with Crippen LogP contribution in [-0.4, -0.2) is 13.1 Å². The molecule has 0 saturated carbocycles. The van der Waals surface area contributed by atoms with Gasteiger partial charge in [-0.3, -0.25) is 0 Å². The minimum atomic E-state index is -1.29. The number of aromatic nitrogens is 1. The predicted molar refractivity (Wildman–Crippen MR) is 62.4 cm³/mol. The molecule has 1 heterocycles. The largest absolute Gasteiger partial charge is 0.326 e. The van der Waals surface area contributed by atoms with Gasteiger partial charge in [0, 0.05) is 12.7 Å². The van der Waals surface area contributed by atoms with E-state index in [4.69, 9.17) is 5.73 Å². The zero-order valence-corrected chi connectivity index (χ0v) is 9.96. The van der Waals surface area contributed by atoms with Gasteiger partial charge in [0.05, 0.1) is 0 Å². The van der Waals surface area contributed by atoms with Crippen molar-refractivity contribution >= 4 is 8.07 Å². The Bertz CT molecular complexity index is 352. The molecule has 0 aromatic carbocycles. The van der Waals surface area contributed by atoms with Gasteiger partial charge in [0.25, 0.3) is 0 Å². The van der Waals surface area contributed by atoms with Crippen LogP contribution in [0.1, 0.15) is 11.3 Å². The molecule has 74 valence electrons. The van der Waals surface area contributed by atoms with Crippen molar-refractivity contribution in [3.8, 4) is 11.5 Å². The van der Waals surface area contributed by atoms with Crippen LogP contribution in [0.5, 0.6) is 0 Å². The topological polar surface area (TPSA) is 38.9 Å². The quantitative estimate of drug-likeness (QED) is 0.559. The molecule has 14 heavy (non-hydrogen) atoms. The molecule has 0 unspecified atom stereocenters. The third kappa shape index (κ3) is 3.73. The van der Waals surface area contributed by atoms with Crippen molar-refractivity contribution in [3.63, 3.8) is 0 Å². The molecule has 0 aliphatic carbocycles. The lowest BCUT2D eigenvalue weighted by Gasteiger charge is -2.03. The van der Waals surface area contributed by atoms with Crippen LogP contribution in [0.25, 0.3) is 0 Å². The maximum atomic E-state index is 5.47. The molecule has 0 bridgehead atoms. The van der Waals surface area contributed by atoms with Gasteiger partial charge in [-0.25, -0.2) is 4.98 Å². The van der Waals surface area contributed by atoms with Crippen LogP contribution in [0.2, 0.25) is 19.6 Å². The highest BCUT2D eigenvalue weighted by molar-refractivity contribution is 6.83. The van der Waals surface area contributed by atoms with Crippen molar-refractivity contribution < 1.29 is 0 Å². The average molecular weight is 204 g/mol. The van der Waals surface area contributed by atoms with E-state index >= 15 is 0 Å². The highest BCUT2D eigenvalue weighted by atomic mass is 28.3. The van der Waals surface area contributed by atoms with Crippen LogP contribution in [0, 0.1) is 11.5 Å². The van der Waals surface area contributed by atoms with E-state index < -0.39 is 8.07 Å². The second-order valence-electron chi connectivity index (χ2n) is 4.26. The number of rotatable bonds is 1. The van der Waals surface area contributed by atoms with Gasteiger partial charge in [-0.2, -0.15) is 0 Å². The SMILES string of the molecule is C[Si](C)(C)C#Cc1ccc(CN)cn1. The second kappa shape index (κ2) is 4.40. The standard InChI is InChI=1S/C11H16N2Si/c1-14(2,3)7-6-11-5-4-10(8-12)9-13-11/h4-5,9H,8,12H2,1-3H3. The fourth-order valence-corrected chi connectivity index (χ4v) is 1.37. The second-order valence-corrected chi connectivity index (χ2v) is 9.01. The summed E-state index contributed by atoms with van der Waals surface area (Å²) in [5, 5.41) is 0. The Labute approximate surface area is 86.6 Å². The van der Waals surface area contributed by atoms with Crippen LogP contribution in [0.4, 0.5) is 0 Å². The van der Waals surface area contributed by atoms with Crippen molar-refractivity contribution in [1.29, 1.82) is 0 Å². The van der Waals surface area contributed by atoms with Gasteiger partial charge in [0.2, 0.25) is 0 Å². The average Bonchev–Trinajstić information content (AvgIpc) is 2.14. The summed E-state index contributed by atoms with van der Waals surface area (Å²) in [5.74, 6) is 3.10. The number of nitrogens with zero attached hydrogens (tertiary/aromatic N) is 1. The molecule has 1 rings (SSSR count). The highest BCUT2D eigenvalue weighted by Gasteiger charge is 2.07. The van der Waals surface area contributed by atoms with Crippen LogP contribution in [0.15, 0.2) is 18.3 Å². The molecule has 0 fully saturated rings. The zero-order valence-electron chi connectivity index (χ0n) is 8.96. The van der Waals surface area contributed by atoms with E-state index in [9.17, 15) is 0 Å². The van der Waals surface area contributed by atoms with Crippen molar-refractivity contribution in [2.45, 2.75) is 26.2 Å². The van der Waals surface area contributed by atoms with Crippen LogP contribution >= 0.6 is 0 Å². The minimum Gasteiger partial charge on any atom is -0.326 e. The number of pyridine rings is 1. The molecule has 1 aromatic rings. The van der Waals surface area contributed by atoms with Crippen LogP contribution < -0.4 is 5.73 Å². The summed E-state index contributed by atoms with van der Waals surface area (Å²) >= 11 is 0. The summed E-state index contributed by atoms with van der Waals surface area (Å²) in [5.41, 5.74) is 10.6. The molecule has 1 aromatic heterocycles. The summed E-state index contributed by atoms with van der Waals surface area (Å²) in [6, 6.07) is 3.90. The van der Waals surface area contributed by atoms with E-state index in [-0.39, 0.29) is 0 Å². The predicted octanol–water partition coefficient (Wildman–Crippen LogP) is 1.77. The zero-order chi connectivity index (χ0) is 10.6. The fraction of sp³-hybridized carbons (Fsp3) is 0.364. The van der Waals surface area contributed by atoms with Gasteiger partial charge < -0.3 is 5.73 Å². The van der Waals surface area contributed by atoms with E-state index in [0.29, 0.717) is 6.54 Å². The molecular weight excluding hydrogens is 188 g/mol. The maximum absolute atomic E-state index is 5.47. The Morgan fingerprint density at radius 3 is 2.50 bits per heavy atom. The summed E-state index contributed by atoms with van der Waals surface area (Å²) in [7, 11) is -1.29. The molecule has 3 heteroatoms. The summed E-state index contributed by atoms with van der Waals surface area (Å²) in [4.78, 5) is 4.22. The first-order valence-electron chi connectivity index (χ1n) is 4.69. The third-order valence-electron chi connectivity index (χ3n) is 1.63. The first-order valence-corrected chi connectivity index (χ1v) is 8.19. The van der Waals surface area contributed by atoms with E-state index in [1.807, 2.05) is 12.1 Å². The Hall–Kier alpha value is -1.11. The smallest absolute Gasteiger partial charge is 0.129 e. The molecule has 0 saturated heterocycles. The van der Waals surface area contributed by atoms with Gasteiger partial charge in [-0.05, 0) is 11.6 Å². The van der Waals surface area contributed by atoms with Crippen LogP contribution in [0.3, 0.4) is 0 Å². The fourth-order valence-electron chi connectivity index (χ4n) is 0.871. The van der Waals surface area contributed by atoms with Gasteiger partial charge in [0.1, 0.15) is 13.8 Å². The highest BCUT2D eigenvalue weighted by Crippen LogP contribution is 2.00. The number of hydrogen-bond donors (Lipinski definition) is 1. The molecule has 0 amide bonds. The summed E-state index contributed by atoms with van der Waals surface area (Å²) < 4.78 is 0. The van der Waals surface area contributed by atoms with Gasteiger partial charge in [-0.15, -0.1) is 5.54 Å². The van der Waals surface area contributed by atoms with Crippen LogP contribution in [-0.2, 0) is 6.54 Å². The number of nitrogens with two attached hydrogens (primary N) is 1. The van der Waals surface area contributed by atoms with E-state index in [1.165, 1.54) is 0 Å². The Kier molecular flexibility index (Phi) is 3.45. The number of hydrogen-bond acceptors (Lipinski definition) is 2. The molecular formula is C11H16N2Si. The van der Waals surface area contributed by atoms with Crippen molar-refractivity contribution in [2.75, 3.05) is 0 Å². The van der Waals surface area contributed by atoms with E-state index in [1.54, 1.807) is 6.20 Å². The molecule has 2 nitrogen and oxygen atoms in total. The molecule has 0 spiro atoms. The van der Waals surface area contributed by atoms with E-state index in [2.05, 4.69) is 36.1 Å². The lowest BCUT2D eigenvalue weighted by atomic mass is 10.2. The minimum absolute atomic E-state index is 0.536. The van der Waals surface area contributed by atoms with Gasteiger partial charge >= 0.3 is 0 Å². The van der Waals surface area contributed by atoms with Gasteiger partial charge in [0.15, 0.2) is 0 Å². The lowest BCUT2D eigenvalue weighted by molar-refractivity contribution is 1.04. The Balaban J connectivity index is 2.82. The first-order chi connectivity index (χ1) is 6.51. The molecule has 0 aliphatic heterocycles. The first kappa shape index (κ1) is 11.0. The molecule has 2 N–H and O–H groups in total. The van der Waals surface area contributed by atoms with Crippen molar-refractivity contribution in [3.05, 3.63) is 29.6 Å². The van der Waals surface area contributed by atoms with E-state index in [0.717, 1.165) is 11.3 Å². The maximum Gasteiger partial charge on any atom is 0.129 e. The van der Waals surface area contributed by atoms with Gasteiger partial charge in [-0.1, -0.05) is 31.6 Å². The molecule has 0 radical (unpaired) electrons. The molecule has 0 atom stereocenters. The third-order valence-corrected chi connectivity index (χ3v) is 2.50. The summed E-state index contributed by atoms with van der Waals surface area (Å²) in [6.45, 7) is 7.19. The van der Waals surface area contributed by atoms with Crippen molar-refractivity contribution in [1.82, 2.24) is 4.98 Å². The normalized spacial score (nSPS) is 10.6. The van der Waals surface area contributed by atoms with Crippen molar-refractivity contribution in [2.24, 2.45) is 5.73 Å².